The minimum absolute atomic E-state index is 0.193. The molecule has 1 N–H and O–H groups in total. The topological polar surface area (TPSA) is 23.5 Å². The number of hydrogen-bond donors (Lipinski definition) is 1. The minimum atomic E-state index is -0.193. The molecule has 0 aliphatic carbocycles. The van der Waals surface area contributed by atoms with Crippen molar-refractivity contribution in [3.8, 4) is 0 Å². The molecule has 2 aliphatic rings. The molecule has 2 heterocycles. The number of fused-ring (bicyclic) bond motifs is 5. The average molecular weight is 358 g/mol. The number of rotatable bonds is 0. The lowest BCUT2D eigenvalue weighted by Crippen LogP contribution is -2.38. The van der Waals surface area contributed by atoms with Crippen molar-refractivity contribution in [1.82, 2.24) is 0 Å². The second-order valence-corrected chi connectivity index (χ2v) is 7.36. The van der Waals surface area contributed by atoms with E-state index < -0.39 is 0 Å². The smallest absolute Gasteiger partial charge is 0.0580 e. The molecule has 2 aromatic carbocycles. The average Bonchev–Trinajstić information content (AvgIpc) is 2.63. The Labute approximate surface area is 139 Å². The standard InChI is InChI=1S/C19H20BrNO/c1-12-15-4-2-3-5-16(15)19-11-14(22)8-9-21(19)18-7-6-13(20)10-17(12)18/h2-7,10,12,14,19,22H,8-9,11H2,1H3/t12-,14+,19-/m0/s1. The zero-order valence-corrected chi connectivity index (χ0v) is 14.3. The van der Waals surface area contributed by atoms with Crippen LogP contribution in [-0.4, -0.2) is 17.8 Å². The summed E-state index contributed by atoms with van der Waals surface area (Å²) in [7, 11) is 0. The molecule has 0 unspecified atom stereocenters. The van der Waals surface area contributed by atoms with Gasteiger partial charge in [0.1, 0.15) is 0 Å². The molecule has 0 spiro atoms. The number of hydrogen-bond acceptors (Lipinski definition) is 2. The van der Waals surface area contributed by atoms with Crippen molar-refractivity contribution >= 4 is 21.6 Å². The van der Waals surface area contributed by atoms with E-state index in [9.17, 15) is 5.11 Å². The van der Waals surface area contributed by atoms with Crippen LogP contribution in [0.25, 0.3) is 0 Å². The van der Waals surface area contributed by atoms with E-state index in [1.807, 2.05) is 0 Å². The van der Waals surface area contributed by atoms with Gasteiger partial charge in [-0.1, -0.05) is 47.1 Å². The first-order chi connectivity index (χ1) is 10.6. The van der Waals surface area contributed by atoms with Crippen LogP contribution >= 0.6 is 15.9 Å². The van der Waals surface area contributed by atoms with Crippen LogP contribution in [-0.2, 0) is 0 Å². The van der Waals surface area contributed by atoms with Crippen LogP contribution in [0.2, 0.25) is 0 Å². The Hall–Kier alpha value is -1.32. The van der Waals surface area contributed by atoms with Gasteiger partial charge in [-0.3, -0.25) is 0 Å². The third-order valence-electron chi connectivity index (χ3n) is 5.16. The van der Waals surface area contributed by atoms with Gasteiger partial charge < -0.3 is 10.0 Å². The molecule has 2 aromatic rings. The van der Waals surface area contributed by atoms with E-state index in [2.05, 4.69) is 70.2 Å². The molecule has 114 valence electrons. The zero-order valence-electron chi connectivity index (χ0n) is 12.7. The molecule has 0 bridgehead atoms. The van der Waals surface area contributed by atoms with Gasteiger partial charge >= 0.3 is 0 Å². The Morgan fingerprint density at radius 2 is 1.86 bits per heavy atom. The number of aliphatic hydroxyl groups excluding tert-OH is 1. The molecule has 4 rings (SSSR count). The molecule has 1 fully saturated rings. The lowest BCUT2D eigenvalue weighted by Gasteiger charge is -2.40. The van der Waals surface area contributed by atoms with Gasteiger partial charge in [0, 0.05) is 22.6 Å². The lowest BCUT2D eigenvalue weighted by molar-refractivity contribution is 0.128. The molecule has 0 saturated carbocycles. The highest BCUT2D eigenvalue weighted by atomic mass is 79.9. The van der Waals surface area contributed by atoms with Gasteiger partial charge in [-0.15, -0.1) is 0 Å². The van der Waals surface area contributed by atoms with Gasteiger partial charge in [-0.2, -0.15) is 0 Å². The van der Waals surface area contributed by atoms with E-state index in [4.69, 9.17) is 0 Å². The highest BCUT2D eigenvalue weighted by molar-refractivity contribution is 9.10. The molecule has 1 saturated heterocycles. The fourth-order valence-electron chi connectivity index (χ4n) is 4.04. The summed E-state index contributed by atoms with van der Waals surface area (Å²) in [6, 6.07) is 15.6. The Morgan fingerprint density at radius 1 is 1.09 bits per heavy atom. The van der Waals surface area contributed by atoms with Crippen LogP contribution in [0.1, 0.15) is 48.4 Å². The number of aliphatic hydroxyl groups is 1. The van der Waals surface area contributed by atoms with E-state index >= 15 is 0 Å². The Kier molecular flexibility index (Phi) is 3.50. The summed E-state index contributed by atoms with van der Waals surface area (Å²) in [6.07, 6.45) is 1.48. The lowest BCUT2D eigenvalue weighted by atomic mass is 9.87. The maximum absolute atomic E-state index is 10.2. The Bertz CT molecular complexity index is 714. The molecule has 0 amide bonds. The molecular formula is C19H20BrNO. The number of nitrogens with zero attached hydrogens (tertiary/aromatic N) is 1. The van der Waals surface area contributed by atoms with Crippen LogP contribution in [0.15, 0.2) is 46.9 Å². The fraction of sp³-hybridized carbons (Fsp3) is 0.368. The molecule has 0 aromatic heterocycles. The number of halogens is 1. The van der Waals surface area contributed by atoms with Crippen molar-refractivity contribution in [3.05, 3.63) is 63.6 Å². The van der Waals surface area contributed by atoms with E-state index in [1.165, 1.54) is 22.4 Å². The molecule has 2 nitrogen and oxygen atoms in total. The molecule has 0 radical (unpaired) electrons. The predicted molar refractivity (Wildman–Crippen MR) is 93.4 cm³/mol. The summed E-state index contributed by atoms with van der Waals surface area (Å²) >= 11 is 3.62. The second-order valence-electron chi connectivity index (χ2n) is 6.44. The second kappa shape index (κ2) is 5.39. The molecule has 22 heavy (non-hydrogen) atoms. The van der Waals surface area contributed by atoms with E-state index in [-0.39, 0.29) is 12.1 Å². The van der Waals surface area contributed by atoms with E-state index in [1.54, 1.807) is 0 Å². The van der Waals surface area contributed by atoms with Gasteiger partial charge in [-0.05, 0) is 47.7 Å². The molecule has 3 heteroatoms. The van der Waals surface area contributed by atoms with Gasteiger partial charge in [0.25, 0.3) is 0 Å². The van der Waals surface area contributed by atoms with E-state index in [0.29, 0.717) is 5.92 Å². The monoisotopic (exact) mass is 357 g/mol. The van der Waals surface area contributed by atoms with Crippen molar-refractivity contribution in [2.24, 2.45) is 0 Å². The number of benzene rings is 2. The normalized spacial score (nSPS) is 26.7. The van der Waals surface area contributed by atoms with E-state index in [0.717, 1.165) is 23.9 Å². The first-order valence-electron chi connectivity index (χ1n) is 7.98. The largest absolute Gasteiger partial charge is 0.393 e. The number of anilines is 1. The Morgan fingerprint density at radius 3 is 2.68 bits per heavy atom. The van der Waals surface area contributed by atoms with Gasteiger partial charge in [0.15, 0.2) is 0 Å². The van der Waals surface area contributed by atoms with Crippen LogP contribution < -0.4 is 4.90 Å². The van der Waals surface area contributed by atoms with Crippen molar-refractivity contribution in [2.45, 2.75) is 37.8 Å². The third kappa shape index (κ3) is 2.19. The highest BCUT2D eigenvalue weighted by Gasteiger charge is 2.35. The van der Waals surface area contributed by atoms with Gasteiger partial charge in [0.2, 0.25) is 0 Å². The SMILES string of the molecule is C[C@H]1c2ccccc2[C@@H]2C[C@H](O)CCN2c2ccc(Br)cc21. The molecule has 3 atom stereocenters. The van der Waals surface area contributed by atoms with Crippen molar-refractivity contribution in [2.75, 3.05) is 11.4 Å². The highest BCUT2D eigenvalue weighted by Crippen LogP contribution is 2.46. The maximum atomic E-state index is 10.2. The summed E-state index contributed by atoms with van der Waals surface area (Å²) in [5.41, 5.74) is 5.47. The molecule has 2 aliphatic heterocycles. The van der Waals surface area contributed by atoms with Gasteiger partial charge in [-0.25, -0.2) is 0 Å². The van der Waals surface area contributed by atoms with Crippen molar-refractivity contribution < 1.29 is 5.11 Å². The van der Waals surface area contributed by atoms with Crippen LogP contribution in [0.3, 0.4) is 0 Å². The Balaban J connectivity index is 1.96. The first kappa shape index (κ1) is 14.3. The van der Waals surface area contributed by atoms with Crippen molar-refractivity contribution in [1.29, 1.82) is 0 Å². The van der Waals surface area contributed by atoms with Crippen LogP contribution in [0.5, 0.6) is 0 Å². The minimum Gasteiger partial charge on any atom is -0.393 e. The first-order valence-corrected chi connectivity index (χ1v) is 8.77. The fourth-order valence-corrected chi connectivity index (χ4v) is 4.42. The third-order valence-corrected chi connectivity index (χ3v) is 5.66. The van der Waals surface area contributed by atoms with Crippen molar-refractivity contribution in [3.63, 3.8) is 0 Å². The molecular weight excluding hydrogens is 338 g/mol. The quantitative estimate of drug-likeness (QED) is 0.743. The summed E-state index contributed by atoms with van der Waals surface area (Å²) in [5.74, 6) is 0.367. The zero-order chi connectivity index (χ0) is 15.3. The summed E-state index contributed by atoms with van der Waals surface area (Å²) < 4.78 is 1.13. The summed E-state index contributed by atoms with van der Waals surface area (Å²) in [6.45, 7) is 3.21. The van der Waals surface area contributed by atoms with Gasteiger partial charge in [0.05, 0.1) is 12.1 Å². The van der Waals surface area contributed by atoms with Crippen LogP contribution in [0.4, 0.5) is 5.69 Å². The predicted octanol–water partition coefficient (Wildman–Crippen LogP) is 4.62. The summed E-state index contributed by atoms with van der Waals surface area (Å²) in [4.78, 5) is 2.50. The van der Waals surface area contributed by atoms with Crippen LogP contribution in [0, 0.1) is 0 Å². The maximum Gasteiger partial charge on any atom is 0.0580 e. The summed E-state index contributed by atoms with van der Waals surface area (Å²) in [5, 5.41) is 10.2. The number of piperidine rings is 1.